The van der Waals surface area contributed by atoms with E-state index in [0.29, 0.717) is 28.5 Å². The van der Waals surface area contributed by atoms with E-state index < -0.39 is 42.4 Å². The number of nitrogens with one attached hydrogen (secondary N) is 3. The molecule has 3 heterocycles. The van der Waals surface area contributed by atoms with E-state index in [2.05, 4.69) is 44.3 Å². The van der Waals surface area contributed by atoms with Crippen LogP contribution in [0, 0.1) is 6.92 Å². The molecule has 0 spiro atoms. The van der Waals surface area contributed by atoms with E-state index >= 15 is 0 Å². The van der Waals surface area contributed by atoms with Gasteiger partial charge in [0.2, 0.25) is 7.44 Å². The Morgan fingerprint density at radius 1 is 0.902 bits per heavy atom. The summed E-state index contributed by atoms with van der Waals surface area (Å²) in [4.78, 5) is 50.8. The maximum Gasteiger partial charge on any atom is 0.519 e. The van der Waals surface area contributed by atoms with Crippen LogP contribution in [0.2, 0.25) is 0 Å². The molecule has 3 N–H and O–H groups in total. The first-order valence-electron chi connectivity index (χ1n) is 17.7. The molecule has 0 aliphatic carbocycles. The van der Waals surface area contributed by atoms with Gasteiger partial charge in [-0.25, -0.2) is 29.9 Å². The van der Waals surface area contributed by atoms with Crippen LogP contribution in [0.5, 0.6) is 0 Å². The highest BCUT2D eigenvalue weighted by Gasteiger charge is 2.43. The number of fused-ring (bicyclic) bond motifs is 1. The van der Waals surface area contributed by atoms with Gasteiger partial charge in [0.25, 0.3) is 0 Å². The van der Waals surface area contributed by atoms with Crippen molar-refractivity contribution in [3.63, 3.8) is 0 Å². The zero-order chi connectivity index (χ0) is 37.7. The molecule has 1 atom stereocenters. The topological polar surface area (TPSA) is 202 Å². The third-order valence-electron chi connectivity index (χ3n) is 8.05. The fraction of sp³-hybridized carbons (Fsp3) is 0.706. The van der Waals surface area contributed by atoms with Crippen molar-refractivity contribution in [1.29, 1.82) is 0 Å². The number of unbranched alkanes of at least 4 members (excludes halogenated alkanes) is 6. The Bertz CT molecular complexity index is 1620. The Kier molecular flexibility index (Phi) is 15.8. The second kappa shape index (κ2) is 19.3. The summed E-state index contributed by atoms with van der Waals surface area (Å²) >= 11 is 0. The molecule has 16 nitrogen and oxygen atoms in total. The molecule has 0 fully saturated rings. The van der Waals surface area contributed by atoms with Gasteiger partial charge in [-0.3, -0.25) is 14.2 Å². The predicted molar refractivity (Wildman–Crippen MR) is 192 cm³/mol. The highest BCUT2D eigenvalue weighted by atomic mass is 31.2. The molecule has 0 radical (unpaired) electrons. The Morgan fingerprint density at radius 2 is 1.49 bits per heavy atom. The number of aryl methyl sites for hydroxylation is 1. The molecule has 3 rings (SSSR count). The van der Waals surface area contributed by atoms with E-state index in [1.54, 1.807) is 52.4 Å². The third kappa shape index (κ3) is 12.8. The monoisotopic (exact) mass is 737 g/mol. The number of aromatic nitrogens is 4. The van der Waals surface area contributed by atoms with E-state index in [1.807, 2.05) is 0 Å². The number of imidazole rings is 1. The fourth-order valence-corrected chi connectivity index (χ4v) is 7.88. The van der Waals surface area contributed by atoms with Crippen LogP contribution in [0.25, 0.3) is 11.2 Å². The summed E-state index contributed by atoms with van der Waals surface area (Å²) in [6, 6.07) is 0. The van der Waals surface area contributed by atoms with Crippen LogP contribution < -0.4 is 21.3 Å². The highest BCUT2D eigenvalue weighted by molar-refractivity contribution is 7.59. The van der Waals surface area contributed by atoms with Crippen molar-refractivity contribution >= 4 is 36.4 Å². The lowest BCUT2D eigenvalue weighted by atomic mass is 10.1. The lowest BCUT2D eigenvalue weighted by Crippen LogP contribution is -2.54. The van der Waals surface area contributed by atoms with Gasteiger partial charge in [0.1, 0.15) is 35.0 Å². The summed E-state index contributed by atoms with van der Waals surface area (Å²) in [7, 11) is -3.83. The highest BCUT2D eigenvalue weighted by Crippen LogP contribution is 2.42. The second-order valence-electron chi connectivity index (χ2n) is 13.8. The number of nitrogens with zero attached hydrogens (tertiary/aromatic N) is 4. The van der Waals surface area contributed by atoms with Crippen molar-refractivity contribution in [2.24, 2.45) is 0 Å². The van der Waals surface area contributed by atoms with E-state index in [-0.39, 0.29) is 32.7 Å². The number of hydrogen-bond acceptors (Lipinski definition) is 13. The summed E-state index contributed by atoms with van der Waals surface area (Å²) in [6.45, 7) is 14.9. The molecule has 3 aromatic rings. The predicted octanol–water partition coefficient (Wildman–Crippen LogP) is 5.83. The largest absolute Gasteiger partial charge is 0.519 e. The fourth-order valence-electron chi connectivity index (χ4n) is 5.24. The quantitative estimate of drug-likeness (QED) is 0.0562. The Balaban J connectivity index is 1.72. The SMILES string of the molecule is CCCCCCOC(=O)C(C)(C)NP(=O)(CO[C@H](C)Cn1cnc2c(NCc3oc(=O)oc3C)ncnc21)NC(C)(C)C(=O)OCCCCCC. The molecule has 17 heteroatoms. The lowest BCUT2D eigenvalue weighted by Gasteiger charge is -2.35. The number of esters is 2. The minimum atomic E-state index is -3.83. The summed E-state index contributed by atoms with van der Waals surface area (Å²) in [5.74, 6) is -0.790. The van der Waals surface area contributed by atoms with Crippen molar-refractivity contribution in [3.8, 4) is 0 Å². The van der Waals surface area contributed by atoms with Crippen LogP contribution in [-0.4, -0.2) is 68.2 Å². The number of carbonyl (C=O) groups is 2. The zero-order valence-electron chi connectivity index (χ0n) is 31.3. The van der Waals surface area contributed by atoms with Crippen LogP contribution in [0.4, 0.5) is 5.82 Å². The zero-order valence-corrected chi connectivity index (χ0v) is 32.2. The van der Waals surface area contributed by atoms with Gasteiger partial charge in [0.15, 0.2) is 17.2 Å². The lowest BCUT2D eigenvalue weighted by molar-refractivity contribution is -0.149. The van der Waals surface area contributed by atoms with Gasteiger partial charge in [0, 0.05) is 0 Å². The molecule has 0 amide bonds. The number of hydrogen-bond donors (Lipinski definition) is 3. The summed E-state index contributed by atoms with van der Waals surface area (Å²) < 4.78 is 43.5. The van der Waals surface area contributed by atoms with Crippen molar-refractivity contribution < 1.29 is 37.2 Å². The second-order valence-corrected chi connectivity index (χ2v) is 16.0. The number of ether oxygens (including phenoxy) is 3. The average molecular weight is 738 g/mol. The van der Waals surface area contributed by atoms with Crippen molar-refractivity contribution in [2.75, 3.05) is 24.9 Å². The standard InChI is InChI=1S/C34H56N7O9P/c1-9-11-13-15-17-46-30(42)33(5,6)39-51(45,40-34(7,8)31(43)47-18-16-14-12-10-2)23-48-24(3)20-41-22-38-27-28(36-21-37-29(27)41)35-19-26-25(4)49-32(44)50-26/h21-22,24H,9-20,23H2,1-8H3,(H,35,36,37)(H2,39,40,45)/t24-/m1/s1. The Labute approximate surface area is 299 Å². The first kappa shape index (κ1) is 41.8. The van der Waals surface area contributed by atoms with Gasteiger partial charge in [-0.1, -0.05) is 52.4 Å². The van der Waals surface area contributed by atoms with E-state index in [1.165, 1.54) is 6.33 Å². The molecule has 0 saturated heterocycles. The van der Waals surface area contributed by atoms with Crippen LogP contribution in [-0.2, 0) is 41.5 Å². The third-order valence-corrected chi connectivity index (χ3v) is 10.4. The molecule has 0 aliphatic rings. The first-order chi connectivity index (χ1) is 24.1. The van der Waals surface area contributed by atoms with Crippen molar-refractivity contribution in [2.45, 2.75) is 137 Å². The average Bonchev–Trinajstić information content (AvgIpc) is 3.62. The van der Waals surface area contributed by atoms with Crippen LogP contribution in [0.1, 0.15) is 111 Å². The minimum absolute atomic E-state index is 0.150. The van der Waals surface area contributed by atoms with E-state index in [9.17, 15) is 18.9 Å². The molecule has 3 aromatic heterocycles. The number of carbonyl (C=O) groups excluding carboxylic acids is 2. The molecule has 286 valence electrons. The molecule has 0 aliphatic heterocycles. The molecule has 0 bridgehead atoms. The maximum absolute atomic E-state index is 14.6. The van der Waals surface area contributed by atoms with Crippen molar-refractivity contribution in [1.82, 2.24) is 29.7 Å². The summed E-state index contributed by atoms with van der Waals surface area (Å²) in [6.07, 6.45) is 9.65. The molecule has 0 aromatic carbocycles. The first-order valence-corrected chi connectivity index (χ1v) is 19.6. The van der Waals surface area contributed by atoms with Gasteiger partial charge in [-0.05, 0) is 54.4 Å². The van der Waals surface area contributed by atoms with Crippen molar-refractivity contribution in [3.05, 3.63) is 34.8 Å². The smallest absolute Gasteiger partial charge is 0.464 e. The minimum Gasteiger partial charge on any atom is -0.464 e. The Hall–Kier alpha value is -3.59. The van der Waals surface area contributed by atoms with Gasteiger partial charge in [-0.15, -0.1) is 0 Å². The van der Waals surface area contributed by atoms with Gasteiger partial charge in [-0.2, -0.15) is 0 Å². The number of anilines is 1. The maximum atomic E-state index is 14.6. The van der Waals surface area contributed by atoms with Gasteiger partial charge >= 0.3 is 17.8 Å². The normalized spacial score (nSPS) is 13.0. The van der Waals surface area contributed by atoms with Gasteiger partial charge in [0.05, 0.1) is 38.7 Å². The molecule has 0 saturated carbocycles. The summed E-state index contributed by atoms with van der Waals surface area (Å²) in [5.41, 5.74) is -1.76. The van der Waals surface area contributed by atoms with Crippen LogP contribution >= 0.6 is 7.44 Å². The van der Waals surface area contributed by atoms with E-state index in [0.717, 1.165) is 51.4 Å². The van der Waals surface area contributed by atoms with Crippen LogP contribution in [0.3, 0.4) is 0 Å². The van der Waals surface area contributed by atoms with E-state index in [4.69, 9.17) is 23.0 Å². The molecular weight excluding hydrogens is 681 g/mol. The molecule has 51 heavy (non-hydrogen) atoms. The Morgan fingerprint density at radius 3 is 2.02 bits per heavy atom. The molecule has 0 unspecified atom stereocenters. The van der Waals surface area contributed by atoms with Gasteiger partial charge < -0.3 is 32.9 Å². The number of rotatable bonds is 24. The summed E-state index contributed by atoms with van der Waals surface area (Å²) in [5, 5.41) is 9.01. The molecular formula is C34H56N7O9P. The van der Waals surface area contributed by atoms with Crippen LogP contribution in [0.15, 0.2) is 26.3 Å².